The predicted molar refractivity (Wildman–Crippen MR) is 98.0 cm³/mol. The molecule has 0 unspecified atom stereocenters. The molecule has 0 aliphatic rings. The molecule has 0 aliphatic heterocycles. The molecule has 0 saturated heterocycles. The minimum absolute atomic E-state index is 0.0145. The zero-order valence-electron chi connectivity index (χ0n) is 13.8. The van der Waals surface area contributed by atoms with Crippen LogP contribution in [0.2, 0.25) is 0 Å². The number of hydrogen-bond acceptors (Lipinski definition) is 5. The van der Waals surface area contributed by atoms with Crippen molar-refractivity contribution in [2.24, 2.45) is 7.05 Å². The van der Waals surface area contributed by atoms with Gasteiger partial charge in [-0.1, -0.05) is 18.2 Å². The van der Waals surface area contributed by atoms with E-state index in [-0.39, 0.29) is 17.0 Å². The van der Waals surface area contributed by atoms with E-state index in [1.54, 1.807) is 29.8 Å². The predicted octanol–water partition coefficient (Wildman–Crippen LogP) is 3.99. The SMILES string of the molecule is Cn1c(C(C#N)=C(O)/C=C/c2ccc([N+](=O)[O-])cc2)nc2ccccc21. The summed E-state index contributed by atoms with van der Waals surface area (Å²) in [4.78, 5) is 14.6. The number of aryl methyl sites for hydroxylation is 1. The van der Waals surface area contributed by atoms with Crippen LogP contribution in [0.1, 0.15) is 11.4 Å². The molecular weight excluding hydrogens is 332 g/mol. The molecule has 0 fully saturated rings. The summed E-state index contributed by atoms with van der Waals surface area (Å²) in [5.41, 5.74) is 2.26. The van der Waals surface area contributed by atoms with Gasteiger partial charge in [0.25, 0.3) is 5.69 Å². The van der Waals surface area contributed by atoms with Crippen molar-refractivity contribution >= 4 is 28.4 Å². The highest BCUT2D eigenvalue weighted by Gasteiger charge is 2.15. The first-order valence-corrected chi connectivity index (χ1v) is 7.69. The van der Waals surface area contributed by atoms with E-state index in [4.69, 9.17) is 0 Å². The van der Waals surface area contributed by atoms with E-state index in [0.717, 1.165) is 11.0 Å². The Morgan fingerprint density at radius 3 is 2.58 bits per heavy atom. The Morgan fingerprint density at radius 2 is 1.96 bits per heavy atom. The number of aliphatic hydroxyl groups excluding tert-OH is 1. The number of allylic oxidation sites excluding steroid dienone is 2. The van der Waals surface area contributed by atoms with Gasteiger partial charge in [0.15, 0.2) is 5.82 Å². The van der Waals surface area contributed by atoms with E-state index in [2.05, 4.69) is 4.98 Å². The zero-order chi connectivity index (χ0) is 18.7. The lowest BCUT2D eigenvalue weighted by molar-refractivity contribution is -0.384. The van der Waals surface area contributed by atoms with Gasteiger partial charge in [-0.2, -0.15) is 5.26 Å². The molecule has 7 nitrogen and oxygen atoms in total. The highest BCUT2D eigenvalue weighted by molar-refractivity contribution is 5.84. The fourth-order valence-electron chi connectivity index (χ4n) is 2.56. The number of non-ortho nitro benzene ring substituents is 1. The summed E-state index contributed by atoms with van der Waals surface area (Å²) in [5.74, 6) is 0.129. The average Bonchev–Trinajstić information content (AvgIpc) is 2.98. The van der Waals surface area contributed by atoms with Crippen LogP contribution in [0.15, 0.2) is 60.4 Å². The number of aliphatic hydroxyl groups is 1. The summed E-state index contributed by atoms with van der Waals surface area (Å²) in [6, 6.07) is 15.3. The molecular formula is C19H14N4O3. The van der Waals surface area contributed by atoms with Crippen LogP contribution < -0.4 is 0 Å². The first kappa shape index (κ1) is 16.9. The maximum atomic E-state index is 10.7. The quantitative estimate of drug-likeness (QED) is 0.253. The van der Waals surface area contributed by atoms with Gasteiger partial charge in [0.05, 0.1) is 16.0 Å². The van der Waals surface area contributed by atoms with Crippen molar-refractivity contribution in [1.82, 2.24) is 9.55 Å². The molecule has 3 aromatic rings. The molecule has 0 spiro atoms. The summed E-state index contributed by atoms with van der Waals surface area (Å²) in [7, 11) is 1.77. The van der Waals surface area contributed by atoms with Gasteiger partial charge in [0.1, 0.15) is 17.4 Å². The highest BCUT2D eigenvalue weighted by atomic mass is 16.6. The van der Waals surface area contributed by atoms with Gasteiger partial charge in [0.2, 0.25) is 0 Å². The maximum absolute atomic E-state index is 10.7. The van der Waals surface area contributed by atoms with Crippen molar-refractivity contribution in [2.45, 2.75) is 0 Å². The van der Waals surface area contributed by atoms with Crippen LogP contribution in [0, 0.1) is 21.4 Å². The number of nitro benzene ring substituents is 1. The molecule has 0 amide bonds. The molecule has 1 heterocycles. The average molecular weight is 346 g/mol. The number of aromatic nitrogens is 2. The zero-order valence-corrected chi connectivity index (χ0v) is 13.8. The summed E-state index contributed by atoms with van der Waals surface area (Å²) in [5, 5.41) is 30.5. The second-order valence-electron chi connectivity index (χ2n) is 5.54. The summed E-state index contributed by atoms with van der Waals surface area (Å²) in [6.07, 6.45) is 2.94. The van der Waals surface area contributed by atoms with Crippen LogP contribution in [0.4, 0.5) is 5.69 Å². The van der Waals surface area contributed by atoms with Crippen molar-refractivity contribution in [3.05, 3.63) is 81.9 Å². The van der Waals surface area contributed by atoms with E-state index in [9.17, 15) is 20.5 Å². The molecule has 0 aliphatic carbocycles. The topological polar surface area (TPSA) is 105 Å². The Kier molecular flexibility index (Phi) is 4.50. The van der Waals surface area contributed by atoms with Crippen molar-refractivity contribution in [2.75, 3.05) is 0 Å². The van der Waals surface area contributed by atoms with E-state index < -0.39 is 4.92 Å². The van der Waals surface area contributed by atoms with Gasteiger partial charge >= 0.3 is 0 Å². The molecule has 7 heteroatoms. The molecule has 1 aromatic heterocycles. The fraction of sp³-hybridized carbons (Fsp3) is 0.0526. The van der Waals surface area contributed by atoms with Crippen LogP contribution in [0.25, 0.3) is 22.7 Å². The van der Waals surface area contributed by atoms with Gasteiger partial charge < -0.3 is 9.67 Å². The minimum atomic E-state index is -0.482. The van der Waals surface area contributed by atoms with Gasteiger partial charge in [-0.05, 0) is 35.9 Å². The van der Waals surface area contributed by atoms with Crippen LogP contribution >= 0.6 is 0 Å². The van der Waals surface area contributed by atoms with E-state index in [1.807, 2.05) is 30.3 Å². The molecule has 1 N–H and O–H groups in total. The normalized spacial score (nSPS) is 12.2. The van der Waals surface area contributed by atoms with Crippen LogP contribution in [-0.4, -0.2) is 19.6 Å². The first-order valence-electron chi connectivity index (χ1n) is 7.69. The summed E-state index contributed by atoms with van der Waals surface area (Å²) < 4.78 is 1.74. The number of para-hydroxylation sites is 2. The fourth-order valence-corrected chi connectivity index (χ4v) is 2.56. The second kappa shape index (κ2) is 6.91. The number of fused-ring (bicyclic) bond motifs is 1. The third kappa shape index (κ3) is 3.16. The maximum Gasteiger partial charge on any atom is 0.269 e. The largest absolute Gasteiger partial charge is 0.506 e. The number of nitriles is 1. The Labute approximate surface area is 148 Å². The first-order chi connectivity index (χ1) is 12.5. The van der Waals surface area contributed by atoms with Crippen LogP contribution in [0.3, 0.4) is 0 Å². The molecule has 0 saturated carbocycles. The third-order valence-corrected chi connectivity index (χ3v) is 3.92. The van der Waals surface area contributed by atoms with E-state index in [0.29, 0.717) is 11.4 Å². The monoisotopic (exact) mass is 346 g/mol. The molecule has 26 heavy (non-hydrogen) atoms. The number of nitro groups is 1. The van der Waals surface area contributed by atoms with Crippen LogP contribution in [0.5, 0.6) is 0 Å². The Bertz CT molecular complexity index is 1090. The lowest BCUT2D eigenvalue weighted by atomic mass is 10.1. The standard InChI is InChI=1S/C19H14N4O3/c1-22-17-5-3-2-4-16(17)21-19(22)15(12-20)18(24)11-8-13-6-9-14(10-7-13)23(25)26/h2-11,24H,1H3/b11-8+,18-15?. The molecule has 0 bridgehead atoms. The highest BCUT2D eigenvalue weighted by Crippen LogP contribution is 2.22. The van der Waals surface area contributed by atoms with Crippen LogP contribution in [-0.2, 0) is 7.05 Å². The van der Waals surface area contributed by atoms with Gasteiger partial charge in [-0.3, -0.25) is 10.1 Å². The second-order valence-corrected chi connectivity index (χ2v) is 5.54. The Morgan fingerprint density at radius 1 is 1.27 bits per heavy atom. The number of hydrogen-bond donors (Lipinski definition) is 1. The molecule has 0 radical (unpaired) electrons. The number of benzene rings is 2. The lowest BCUT2D eigenvalue weighted by Gasteiger charge is -2.02. The van der Waals surface area contributed by atoms with Gasteiger partial charge in [0, 0.05) is 19.2 Å². The van der Waals surface area contributed by atoms with E-state index in [1.165, 1.54) is 18.2 Å². The molecule has 0 atom stereocenters. The van der Waals surface area contributed by atoms with Crippen molar-refractivity contribution in [3.8, 4) is 6.07 Å². The Hall–Kier alpha value is -3.92. The van der Waals surface area contributed by atoms with E-state index >= 15 is 0 Å². The summed E-state index contributed by atoms with van der Waals surface area (Å²) >= 11 is 0. The van der Waals surface area contributed by atoms with Crippen molar-refractivity contribution in [3.63, 3.8) is 0 Å². The van der Waals surface area contributed by atoms with Gasteiger partial charge in [-0.15, -0.1) is 0 Å². The number of rotatable bonds is 4. The van der Waals surface area contributed by atoms with Crippen molar-refractivity contribution < 1.29 is 10.0 Å². The molecule has 2 aromatic carbocycles. The Balaban J connectivity index is 1.96. The smallest absolute Gasteiger partial charge is 0.269 e. The number of nitrogens with zero attached hydrogens (tertiary/aromatic N) is 4. The molecule has 128 valence electrons. The summed E-state index contributed by atoms with van der Waals surface area (Å²) in [6.45, 7) is 0. The number of imidazole rings is 1. The minimum Gasteiger partial charge on any atom is -0.506 e. The lowest BCUT2D eigenvalue weighted by Crippen LogP contribution is -1.98. The third-order valence-electron chi connectivity index (χ3n) is 3.92. The van der Waals surface area contributed by atoms with Crippen molar-refractivity contribution in [1.29, 1.82) is 5.26 Å². The van der Waals surface area contributed by atoms with Gasteiger partial charge in [-0.25, -0.2) is 4.98 Å². The molecule has 3 rings (SSSR count).